The summed E-state index contributed by atoms with van der Waals surface area (Å²) in [6.45, 7) is 6.60. The molecule has 11 nitrogen and oxygen atoms in total. The summed E-state index contributed by atoms with van der Waals surface area (Å²) in [5, 5.41) is 16.4. The molecule has 1 atom stereocenters. The minimum absolute atomic E-state index is 0.0383. The number of halogens is 1. The van der Waals surface area contributed by atoms with Crippen molar-refractivity contribution >= 4 is 63.4 Å². The Labute approximate surface area is 240 Å². The zero-order valence-electron chi connectivity index (χ0n) is 22.0. The molecule has 0 bridgehead atoms. The summed E-state index contributed by atoms with van der Waals surface area (Å²) in [6, 6.07) is 14.1. The summed E-state index contributed by atoms with van der Waals surface area (Å²) >= 11 is 2.18. The molecule has 7 N–H and O–H groups in total. The predicted molar refractivity (Wildman–Crippen MR) is 158 cm³/mol. The molecule has 3 amide bonds. The SMILES string of the molecule is CC(C)(C)OC(=O)N1CC[C@@H]([NH2+]c2ncnc(N)c2C(=N)c2ccc(NC(=O)Nc3cccc(I)c3)cc2)C1. The standard InChI is InChI=1S/C27H31IN8O3/c1-27(2,3)39-26(38)36-12-11-20(14-36)33-24-21(23(30)31-15-32-24)22(29)16-7-9-18(10-8-16)34-25(37)35-19-6-4-5-17(28)13-19/h4-10,13,15,20,29H,11-12,14H2,1-3H3,(H2,34,35,37)(H3,30,31,32,33)/p+1/t20-/m1/s1. The first kappa shape index (κ1) is 28.2. The van der Waals surface area contributed by atoms with E-state index in [1.54, 1.807) is 29.2 Å². The van der Waals surface area contributed by atoms with Gasteiger partial charge in [0.2, 0.25) is 5.82 Å². The number of carbonyl (C=O) groups excluding carboxylic acids is 2. The molecule has 3 aromatic rings. The Morgan fingerprint density at radius 1 is 1.13 bits per heavy atom. The van der Waals surface area contributed by atoms with Crippen molar-refractivity contribution in [3.63, 3.8) is 0 Å². The summed E-state index contributed by atoms with van der Waals surface area (Å²) < 4.78 is 6.51. The van der Waals surface area contributed by atoms with Gasteiger partial charge in [-0.05, 0) is 73.7 Å². The summed E-state index contributed by atoms with van der Waals surface area (Å²) in [5.41, 5.74) is 8.09. The smallest absolute Gasteiger partial charge is 0.410 e. The summed E-state index contributed by atoms with van der Waals surface area (Å²) in [6.07, 6.45) is 1.78. The quantitative estimate of drug-likeness (QED) is 0.202. The largest absolute Gasteiger partial charge is 0.444 e. The van der Waals surface area contributed by atoms with Gasteiger partial charge in [0.05, 0.1) is 12.3 Å². The maximum atomic E-state index is 12.5. The number of quaternary nitrogens is 1. The van der Waals surface area contributed by atoms with Crippen LogP contribution in [0, 0.1) is 8.98 Å². The zero-order valence-corrected chi connectivity index (χ0v) is 24.2. The second-order valence-corrected chi connectivity index (χ2v) is 11.4. The number of amides is 3. The zero-order chi connectivity index (χ0) is 28.2. The second-order valence-electron chi connectivity index (χ2n) is 10.2. The van der Waals surface area contributed by atoms with Crippen LogP contribution in [0.4, 0.5) is 32.6 Å². The third-order valence-corrected chi connectivity index (χ3v) is 6.61. The highest BCUT2D eigenvalue weighted by molar-refractivity contribution is 14.1. The van der Waals surface area contributed by atoms with Crippen LogP contribution >= 0.6 is 22.6 Å². The first-order valence-electron chi connectivity index (χ1n) is 12.4. The molecule has 0 radical (unpaired) electrons. The maximum Gasteiger partial charge on any atom is 0.410 e. The first-order valence-corrected chi connectivity index (χ1v) is 13.5. The van der Waals surface area contributed by atoms with Crippen molar-refractivity contribution in [3.05, 3.63) is 69.6 Å². The van der Waals surface area contributed by atoms with Gasteiger partial charge in [0.25, 0.3) is 0 Å². The lowest BCUT2D eigenvalue weighted by Gasteiger charge is -2.24. The molecule has 1 aromatic heterocycles. The third kappa shape index (κ3) is 7.63. The van der Waals surface area contributed by atoms with Gasteiger partial charge in [-0.2, -0.15) is 4.98 Å². The summed E-state index contributed by atoms with van der Waals surface area (Å²) in [5.74, 6) is 0.741. The molecule has 1 aliphatic heterocycles. The molecule has 1 fully saturated rings. The molecule has 2 aromatic carbocycles. The van der Waals surface area contributed by atoms with Gasteiger partial charge in [-0.15, -0.1) is 0 Å². The van der Waals surface area contributed by atoms with E-state index in [0.717, 1.165) is 9.99 Å². The van der Waals surface area contributed by atoms with Crippen molar-refractivity contribution in [2.24, 2.45) is 0 Å². The molecule has 1 aliphatic rings. The maximum absolute atomic E-state index is 12.5. The van der Waals surface area contributed by atoms with Gasteiger partial charge in [0, 0.05) is 33.5 Å². The van der Waals surface area contributed by atoms with Crippen LogP contribution in [-0.4, -0.2) is 57.4 Å². The average molecular weight is 644 g/mol. The number of urea groups is 1. The molecule has 2 heterocycles. The third-order valence-electron chi connectivity index (χ3n) is 5.94. The Hall–Kier alpha value is -3.78. The van der Waals surface area contributed by atoms with Crippen molar-refractivity contribution in [1.82, 2.24) is 14.9 Å². The number of hydrogen-bond donors (Lipinski definition) is 5. The van der Waals surface area contributed by atoms with Crippen LogP contribution in [0.15, 0.2) is 54.9 Å². The Bertz CT molecular complexity index is 1370. The predicted octanol–water partition coefficient (Wildman–Crippen LogP) is 3.93. The summed E-state index contributed by atoms with van der Waals surface area (Å²) in [7, 11) is 0. The number of nitrogens with one attached hydrogen (secondary N) is 3. The number of benzene rings is 2. The topological polar surface area (TPSA) is 163 Å². The van der Waals surface area contributed by atoms with Crippen LogP contribution in [0.25, 0.3) is 0 Å². The van der Waals surface area contributed by atoms with E-state index in [4.69, 9.17) is 15.9 Å². The summed E-state index contributed by atoms with van der Waals surface area (Å²) in [4.78, 5) is 35.0. The van der Waals surface area contributed by atoms with Gasteiger partial charge in [-0.3, -0.25) is 10.7 Å². The number of rotatable bonds is 6. The van der Waals surface area contributed by atoms with Gasteiger partial charge >= 0.3 is 12.1 Å². The van der Waals surface area contributed by atoms with Crippen LogP contribution in [0.5, 0.6) is 0 Å². The lowest BCUT2D eigenvalue weighted by atomic mass is 10.0. The number of hydrogen-bond acceptors (Lipinski definition) is 7. The normalized spacial score (nSPS) is 15.1. The van der Waals surface area contributed by atoms with Crippen LogP contribution in [0.3, 0.4) is 0 Å². The van der Waals surface area contributed by atoms with Crippen molar-refractivity contribution in [1.29, 1.82) is 5.41 Å². The lowest BCUT2D eigenvalue weighted by Crippen LogP contribution is -2.86. The fourth-order valence-electron chi connectivity index (χ4n) is 4.16. The first-order chi connectivity index (χ1) is 18.5. The fourth-order valence-corrected chi connectivity index (χ4v) is 4.70. The molecular weight excluding hydrogens is 611 g/mol. The van der Waals surface area contributed by atoms with Crippen LogP contribution in [0.2, 0.25) is 0 Å². The number of anilines is 3. The van der Waals surface area contributed by atoms with Crippen LogP contribution < -0.4 is 21.7 Å². The van der Waals surface area contributed by atoms with Gasteiger partial charge in [0.1, 0.15) is 29.4 Å². The van der Waals surface area contributed by atoms with Crippen molar-refractivity contribution in [2.75, 3.05) is 29.5 Å². The number of nitrogen functional groups attached to an aromatic ring is 1. The molecule has 204 valence electrons. The van der Waals surface area contributed by atoms with E-state index in [2.05, 4.69) is 43.2 Å². The molecule has 1 saturated heterocycles. The van der Waals surface area contributed by atoms with Crippen molar-refractivity contribution in [2.45, 2.75) is 38.8 Å². The molecule has 0 saturated carbocycles. The number of ether oxygens (including phenoxy) is 1. The Morgan fingerprint density at radius 3 is 2.54 bits per heavy atom. The molecule has 0 aliphatic carbocycles. The van der Waals surface area contributed by atoms with Gasteiger partial charge < -0.3 is 26.0 Å². The van der Waals surface area contributed by atoms with Crippen LogP contribution in [0.1, 0.15) is 38.3 Å². The minimum Gasteiger partial charge on any atom is -0.444 e. The van der Waals surface area contributed by atoms with E-state index in [0.29, 0.717) is 41.4 Å². The lowest BCUT2D eigenvalue weighted by molar-refractivity contribution is -0.610. The van der Waals surface area contributed by atoms with E-state index in [1.165, 1.54) is 6.33 Å². The monoisotopic (exact) mass is 643 g/mol. The number of likely N-dealkylation sites (tertiary alicyclic amines) is 1. The number of carbonyl (C=O) groups is 2. The minimum atomic E-state index is -0.558. The van der Waals surface area contributed by atoms with Crippen LogP contribution in [-0.2, 0) is 4.74 Å². The Kier molecular flexibility index (Phi) is 8.65. The molecule has 0 spiro atoms. The highest BCUT2D eigenvalue weighted by Gasteiger charge is 2.33. The molecular formula is C27H32IN8O3+. The van der Waals surface area contributed by atoms with Crippen molar-refractivity contribution in [3.8, 4) is 0 Å². The molecule has 12 heteroatoms. The molecule has 39 heavy (non-hydrogen) atoms. The molecule has 4 rings (SSSR count). The van der Waals surface area contributed by atoms with E-state index in [9.17, 15) is 9.59 Å². The van der Waals surface area contributed by atoms with E-state index in [1.807, 2.05) is 50.4 Å². The highest BCUT2D eigenvalue weighted by atomic mass is 127. The Morgan fingerprint density at radius 2 is 1.85 bits per heavy atom. The number of nitrogens with two attached hydrogens (primary N) is 2. The van der Waals surface area contributed by atoms with E-state index in [-0.39, 0.29) is 29.7 Å². The highest BCUT2D eigenvalue weighted by Crippen LogP contribution is 2.21. The van der Waals surface area contributed by atoms with E-state index >= 15 is 0 Å². The van der Waals surface area contributed by atoms with E-state index < -0.39 is 5.60 Å². The Balaban J connectivity index is 1.42. The number of aromatic nitrogens is 2. The second kappa shape index (κ2) is 11.9. The van der Waals surface area contributed by atoms with Gasteiger partial charge in [-0.1, -0.05) is 18.2 Å². The van der Waals surface area contributed by atoms with Crippen molar-refractivity contribution < 1.29 is 19.6 Å². The number of nitrogens with zero attached hydrogens (tertiary/aromatic N) is 3. The molecule has 0 unspecified atom stereocenters. The fraction of sp³-hybridized carbons (Fsp3) is 0.296. The van der Waals surface area contributed by atoms with Gasteiger partial charge in [0.15, 0.2) is 0 Å². The average Bonchev–Trinajstić information content (AvgIpc) is 3.32. The van der Waals surface area contributed by atoms with Gasteiger partial charge in [-0.25, -0.2) is 14.6 Å².